The Morgan fingerprint density at radius 3 is 2.45 bits per heavy atom. The summed E-state index contributed by atoms with van der Waals surface area (Å²) in [4.78, 5) is 23.7. The van der Waals surface area contributed by atoms with E-state index in [0.717, 1.165) is 56.0 Å². The van der Waals surface area contributed by atoms with Gasteiger partial charge in [0.2, 0.25) is 5.95 Å². The van der Waals surface area contributed by atoms with Gasteiger partial charge in [-0.1, -0.05) is 23.7 Å². The van der Waals surface area contributed by atoms with Crippen molar-refractivity contribution in [1.82, 2.24) is 25.5 Å². The molecule has 0 radical (unpaired) electrons. The van der Waals surface area contributed by atoms with E-state index in [0.29, 0.717) is 22.6 Å². The summed E-state index contributed by atoms with van der Waals surface area (Å²) >= 11 is 5.97. The Morgan fingerprint density at radius 1 is 1.03 bits per heavy atom. The summed E-state index contributed by atoms with van der Waals surface area (Å²) in [6.45, 7) is 3.47. The molecule has 0 unspecified atom stereocenters. The Morgan fingerprint density at radius 2 is 1.76 bits per heavy atom. The Kier molecular flexibility index (Phi) is 7.88. The number of nitrogens with one attached hydrogen (secondary N) is 3. The minimum absolute atomic E-state index is 0.0798. The molecule has 7 nitrogen and oxygen atoms in total. The van der Waals surface area contributed by atoms with Gasteiger partial charge in [0.1, 0.15) is 0 Å². The first-order valence-electron chi connectivity index (χ1n) is 11.3. The average Bonchev–Trinajstić information content (AvgIpc) is 2.85. The van der Waals surface area contributed by atoms with Gasteiger partial charge in [0, 0.05) is 60.3 Å². The van der Waals surface area contributed by atoms with Gasteiger partial charge in [-0.15, -0.1) is 0 Å². The number of nitrogens with zero attached hydrogens (tertiary/aromatic N) is 3. The zero-order valence-corrected chi connectivity index (χ0v) is 19.5. The van der Waals surface area contributed by atoms with E-state index < -0.39 is 0 Å². The molecule has 4 rings (SSSR count). The van der Waals surface area contributed by atoms with Crippen LogP contribution in [0.2, 0.25) is 5.02 Å². The maximum absolute atomic E-state index is 12.9. The van der Waals surface area contributed by atoms with Crippen molar-refractivity contribution in [3.8, 4) is 11.3 Å². The van der Waals surface area contributed by atoms with Crippen molar-refractivity contribution < 1.29 is 4.79 Å². The van der Waals surface area contributed by atoms with Gasteiger partial charge in [-0.3, -0.25) is 4.79 Å². The number of carbonyl (C=O) groups excluding carboxylic acids is 1. The van der Waals surface area contributed by atoms with E-state index >= 15 is 0 Å². The molecule has 1 aliphatic heterocycles. The second-order valence-corrected chi connectivity index (χ2v) is 8.54. The Bertz CT molecular complexity index is 1050. The van der Waals surface area contributed by atoms with Gasteiger partial charge in [-0.2, -0.15) is 0 Å². The van der Waals surface area contributed by atoms with Crippen molar-refractivity contribution in [2.24, 2.45) is 0 Å². The number of halogens is 1. The molecule has 2 aromatic carbocycles. The van der Waals surface area contributed by atoms with E-state index in [1.165, 1.54) is 0 Å². The topological polar surface area (TPSA) is 82.2 Å². The second kappa shape index (κ2) is 11.2. The highest BCUT2D eigenvalue weighted by Crippen LogP contribution is 2.22. The van der Waals surface area contributed by atoms with E-state index in [2.05, 4.69) is 25.9 Å². The Hall–Kier alpha value is -3.00. The van der Waals surface area contributed by atoms with Crippen LogP contribution in [0, 0.1) is 0 Å². The predicted molar refractivity (Wildman–Crippen MR) is 133 cm³/mol. The first kappa shape index (κ1) is 23.2. The largest absolute Gasteiger partial charge is 0.339 e. The molecular weight excluding hydrogens is 436 g/mol. The molecule has 3 N–H and O–H groups in total. The number of hydrogen-bond donors (Lipinski definition) is 3. The highest BCUT2D eigenvalue weighted by atomic mass is 35.5. The highest BCUT2D eigenvalue weighted by Gasteiger charge is 2.23. The van der Waals surface area contributed by atoms with E-state index in [9.17, 15) is 4.79 Å². The number of rotatable bonds is 8. The molecule has 1 aromatic heterocycles. The molecule has 1 saturated heterocycles. The third-order valence-corrected chi connectivity index (χ3v) is 6.03. The summed E-state index contributed by atoms with van der Waals surface area (Å²) in [5, 5.41) is 10.6. The smallest absolute Gasteiger partial charge is 0.253 e. The SMILES string of the molecule is CNCCNC1CCN(C(=O)c2ccc(Nc3nccc(-c4ccc(Cl)cc4)n3)cc2)CC1. The average molecular weight is 465 g/mol. The van der Waals surface area contributed by atoms with Crippen LogP contribution in [-0.2, 0) is 0 Å². The van der Waals surface area contributed by atoms with Gasteiger partial charge < -0.3 is 20.9 Å². The molecule has 0 saturated carbocycles. The molecule has 1 aliphatic rings. The van der Waals surface area contributed by atoms with Crippen LogP contribution in [0.4, 0.5) is 11.6 Å². The van der Waals surface area contributed by atoms with E-state index in [1.54, 1.807) is 6.20 Å². The van der Waals surface area contributed by atoms with E-state index in [1.807, 2.05) is 66.5 Å². The summed E-state index contributed by atoms with van der Waals surface area (Å²) in [6, 6.07) is 17.3. The van der Waals surface area contributed by atoms with Crippen LogP contribution >= 0.6 is 11.6 Å². The molecule has 8 heteroatoms. The molecule has 1 fully saturated rings. The number of carbonyl (C=O) groups is 1. The summed E-state index contributed by atoms with van der Waals surface area (Å²) in [6.07, 6.45) is 3.68. The molecule has 0 bridgehead atoms. The fourth-order valence-corrected chi connectivity index (χ4v) is 4.02. The van der Waals surface area contributed by atoms with Crippen molar-refractivity contribution in [3.63, 3.8) is 0 Å². The lowest BCUT2D eigenvalue weighted by molar-refractivity contribution is 0.0705. The van der Waals surface area contributed by atoms with Crippen molar-refractivity contribution in [2.45, 2.75) is 18.9 Å². The molecule has 3 aromatic rings. The molecule has 33 heavy (non-hydrogen) atoms. The summed E-state index contributed by atoms with van der Waals surface area (Å²) < 4.78 is 0. The zero-order chi connectivity index (χ0) is 23.0. The van der Waals surface area contributed by atoms with E-state index in [4.69, 9.17) is 11.6 Å². The zero-order valence-electron chi connectivity index (χ0n) is 18.7. The fourth-order valence-electron chi connectivity index (χ4n) is 3.90. The third-order valence-electron chi connectivity index (χ3n) is 5.77. The maximum atomic E-state index is 12.9. The van der Waals surface area contributed by atoms with Crippen molar-refractivity contribution in [3.05, 3.63) is 71.4 Å². The molecule has 0 atom stereocenters. The molecule has 172 valence electrons. The quantitative estimate of drug-likeness (QED) is 0.438. The van der Waals surface area contributed by atoms with Crippen LogP contribution in [0.5, 0.6) is 0 Å². The van der Waals surface area contributed by atoms with Crippen LogP contribution < -0.4 is 16.0 Å². The standard InChI is InChI=1S/C25H29ClN6O/c1-27-14-15-28-21-11-16-32(17-12-21)24(33)19-4-8-22(9-5-19)30-25-29-13-10-23(31-25)18-2-6-20(26)7-3-18/h2-10,13,21,27-28H,11-12,14-17H2,1H3,(H,29,30,31). The molecule has 2 heterocycles. The fraction of sp³-hybridized carbons (Fsp3) is 0.320. The van der Waals surface area contributed by atoms with Crippen molar-refractivity contribution >= 4 is 29.1 Å². The molecule has 0 spiro atoms. The lowest BCUT2D eigenvalue weighted by atomic mass is 10.0. The number of amides is 1. The van der Waals surface area contributed by atoms with Gasteiger partial charge in [0.15, 0.2) is 0 Å². The molecule has 1 amide bonds. The first-order valence-corrected chi connectivity index (χ1v) is 11.6. The van der Waals surface area contributed by atoms with Gasteiger partial charge in [0.25, 0.3) is 5.91 Å². The summed E-state index contributed by atoms with van der Waals surface area (Å²) in [5.41, 5.74) is 3.29. The number of anilines is 2. The molecular formula is C25H29ClN6O. The highest BCUT2D eigenvalue weighted by molar-refractivity contribution is 6.30. The van der Waals surface area contributed by atoms with Crippen LogP contribution in [0.3, 0.4) is 0 Å². The number of likely N-dealkylation sites (N-methyl/N-ethyl adjacent to an activating group) is 1. The van der Waals surface area contributed by atoms with Crippen LogP contribution in [0.25, 0.3) is 11.3 Å². The minimum atomic E-state index is 0.0798. The maximum Gasteiger partial charge on any atom is 0.253 e. The Balaban J connectivity index is 1.34. The number of likely N-dealkylation sites (tertiary alicyclic amines) is 1. The number of hydrogen-bond acceptors (Lipinski definition) is 6. The minimum Gasteiger partial charge on any atom is -0.339 e. The Labute approximate surface area is 199 Å². The van der Waals surface area contributed by atoms with Crippen LogP contribution in [0.15, 0.2) is 60.8 Å². The second-order valence-electron chi connectivity index (χ2n) is 8.10. The number of aromatic nitrogens is 2. The van der Waals surface area contributed by atoms with Crippen LogP contribution in [-0.4, -0.2) is 60.0 Å². The summed E-state index contributed by atoms with van der Waals surface area (Å²) in [7, 11) is 1.95. The third kappa shape index (κ3) is 6.28. The molecule has 0 aliphatic carbocycles. The predicted octanol–water partition coefficient (Wildman–Crippen LogP) is 3.95. The normalized spacial score (nSPS) is 14.3. The lowest BCUT2D eigenvalue weighted by Crippen LogP contribution is -2.46. The van der Waals surface area contributed by atoms with E-state index in [-0.39, 0.29) is 5.91 Å². The summed E-state index contributed by atoms with van der Waals surface area (Å²) in [5.74, 6) is 0.575. The lowest BCUT2D eigenvalue weighted by Gasteiger charge is -2.32. The van der Waals surface area contributed by atoms with Gasteiger partial charge in [-0.05, 0) is 62.4 Å². The van der Waals surface area contributed by atoms with Crippen LogP contribution in [0.1, 0.15) is 23.2 Å². The van der Waals surface area contributed by atoms with Gasteiger partial charge in [0.05, 0.1) is 5.69 Å². The number of piperidine rings is 1. The van der Waals surface area contributed by atoms with Gasteiger partial charge in [-0.25, -0.2) is 9.97 Å². The number of benzene rings is 2. The van der Waals surface area contributed by atoms with Crippen molar-refractivity contribution in [2.75, 3.05) is 38.5 Å². The first-order chi connectivity index (χ1) is 16.1. The monoisotopic (exact) mass is 464 g/mol. The van der Waals surface area contributed by atoms with Crippen molar-refractivity contribution in [1.29, 1.82) is 0 Å². The van der Waals surface area contributed by atoms with Gasteiger partial charge >= 0.3 is 0 Å².